The van der Waals surface area contributed by atoms with Crippen LogP contribution in [0.4, 0.5) is 22.0 Å². The van der Waals surface area contributed by atoms with E-state index >= 15 is 8.78 Å². The van der Waals surface area contributed by atoms with E-state index in [2.05, 4.69) is 15.0 Å². The van der Waals surface area contributed by atoms with Crippen molar-refractivity contribution in [3.8, 4) is 16.9 Å². The van der Waals surface area contributed by atoms with Gasteiger partial charge in [0.2, 0.25) is 0 Å². The summed E-state index contributed by atoms with van der Waals surface area (Å²) in [5.74, 6) is -3.13. The Labute approximate surface area is 235 Å². The van der Waals surface area contributed by atoms with Gasteiger partial charge >= 0.3 is 6.18 Å². The normalized spacial score (nSPS) is 17.1. The number of benzene rings is 1. The fourth-order valence-electron chi connectivity index (χ4n) is 4.85. The van der Waals surface area contributed by atoms with Crippen molar-refractivity contribution in [3.05, 3.63) is 98.1 Å². The first-order valence-corrected chi connectivity index (χ1v) is 14.3. The number of aromatic nitrogens is 4. The summed E-state index contributed by atoms with van der Waals surface area (Å²) in [4.78, 5) is 24.1. The molecule has 1 aromatic carbocycles. The van der Waals surface area contributed by atoms with E-state index in [-0.39, 0.29) is 27.7 Å². The SMILES string of the molecule is Cc1cnc(-c2cccc(S(C)(=O)=O)c2F)c(F)c1-n1c(C)cc([C@H]2C[C@@H]2c2cncc(C(F)(F)F)n2)c(Cl)c1=O. The van der Waals surface area contributed by atoms with Gasteiger partial charge in [0.1, 0.15) is 15.6 Å². The zero-order valence-electron chi connectivity index (χ0n) is 21.6. The van der Waals surface area contributed by atoms with E-state index in [1.807, 2.05) is 0 Å². The molecule has 3 heterocycles. The summed E-state index contributed by atoms with van der Waals surface area (Å²) in [6.07, 6.45) is -0.392. The van der Waals surface area contributed by atoms with Crippen LogP contribution in [0, 0.1) is 25.5 Å². The Morgan fingerprint density at radius 1 is 1.05 bits per heavy atom. The maximum atomic E-state index is 16.0. The van der Waals surface area contributed by atoms with Gasteiger partial charge in [-0.1, -0.05) is 17.7 Å². The molecule has 0 unspecified atom stereocenters. The van der Waals surface area contributed by atoms with Gasteiger partial charge in [-0.25, -0.2) is 22.2 Å². The standard InChI is InChI=1S/C27H20ClF5N4O3S/c1-12-9-35-24(14-5-4-6-19(22(14)29)41(3,39)40)23(30)25(12)37-13(2)7-17(21(28)26(37)38)15-8-16(15)18-10-34-11-20(36-18)27(31,32)33/h4-7,9-11,15-16H,8H2,1-3H3/t15-,16-/m0/s1. The zero-order chi connectivity index (χ0) is 30.0. The largest absolute Gasteiger partial charge is 0.434 e. The van der Waals surface area contributed by atoms with Crippen LogP contribution in [0.15, 0.2) is 52.5 Å². The number of hydrogen-bond acceptors (Lipinski definition) is 6. The molecule has 0 radical (unpaired) electrons. The van der Waals surface area contributed by atoms with Crippen LogP contribution in [0.3, 0.4) is 0 Å². The van der Waals surface area contributed by atoms with E-state index in [9.17, 15) is 26.4 Å². The fourth-order valence-corrected chi connectivity index (χ4v) is 5.89. The van der Waals surface area contributed by atoms with Crippen molar-refractivity contribution in [1.82, 2.24) is 19.5 Å². The summed E-state index contributed by atoms with van der Waals surface area (Å²) in [5.41, 5.74) is -2.16. The molecule has 41 heavy (non-hydrogen) atoms. The molecule has 214 valence electrons. The Morgan fingerprint density at radius 2 is 1.76 bits per heavy atom. The quantitative estimate of drug-likeness (QED) is 0.260. The Balaban J connectivity index is 1.58. The third-order valence-corrected chi connectivity index (χ3v) is 8.39. The number of nitrogens with zero attached hydrogens (tertiary/aromatic N) is 4. The maximum absolute atomic E-state index is 16.0. The van der Waals surface area contributed by atoms with Crippen LogP contribution < -0.4 is 5.56 Å². The minimum absolute atomic E-state index is 0.113. The summed E-state index contributed by atoms with van der Waals surface area (Å²) in [6.45, 7) is 3.00. The second kappa shape index (κ2) is 9.98. The second-order valence-corrected chi connectivity index (χ2v) is 12.2. The first kappa shape index (κ1) is 28.8. The minimum atomic E-state index is -4.66. The van der Waals surface area contributed by atoms with Crippen molar-refractivity contribution < 1.29 is 30.4 Å². The van der Waals surface area contributed by atoms with E-state index < -0.39 is 66.9 Å². The second-order valence-electron chi connectivity index (χ2n) is 9.81. The Bertz CT molecular complexity index is 1890. The van der Waals surface area contributed by atoms with Crippen molar-refractivity contribution in [2.45, 2.75) is 43.2 Å². The highest BCUT2D eigenvalue weighted by Gasteiger charge is 2.44. The van der Waals surface area contributed by atoms with Crippen molar-refractivity contribution in [3.63, 3.8) is 0 Å². The molecule has 0 saturated heterocycles. The predicted molar refractivity (Wildman–Crippen MR) is 140 cm³/mol. The van der Waals surface area contributed by atoms with Gasteiger partial charge in [0.25, 0.3) is 5.56 Å². The highest BCUT2D eigenvalue weighted by Crippen LogP contribution is 2.55. The summed E-state index contributed by atoms with van der Waals surface area (Å²) < 4.78 is 95.4. The topological polar surface area (TPSA) is 94.8 Å². The Kier molecular flexibility index (Phi) is 7.01. The van der Waals surface area contributed by atoms with Gasteiger partial charge in [0.05, 0.1) is 17.6 Å². The number of rotatable bonds is 5. The summed E-state index contributed by atoms with van der Waals surface area (Å²) in [6, 6.07) is 5.01. The van der Waals surface area contributed by atoms with Crippen LogP contribution in [0.5, 0.6) is 0 Å². The number of sulfone groups is 1. The molecule has 2 atom stereocenters. The molecule has 4 aromatic rings. The monoisotopic (exact) mass is 610 g/mol. The summed E-state index contributed by atoms with van der Waals surface area (Å²) in [5, 5.41) is -0.259. The van der Waals surface area contributed by atoms with E-state index in [0.29, 0.717) is 18.2 Å². The first-order chi connectivity index (χ1) is 19.1. The lowest BCUT2D eigenvalue weighted by Crippen LogP contribution is -2.24. The molecule has 1 fully saturated rings. The van der Waals surface area contributed by atoms with Crippen LogP contribution in [0.25, 0.3) is 16.9 Å². The van der Waals surface area contributed by atoms with Gasteiger partial charge in [-0.15, -0.1) is 0 Å². The minimum Gasteiger partial charge on any atom is -0.277 e. The molecular weight excluding hydrogens is 591 g/mol. The number of pyridine rings is 2. The Hall–Kier alpha value is -3.71. The lowest BCUT2D eigenvalue weighted by Gasteiger charge is -2.18. The summed E-state index contributed by atoms with van der Waals surface area (Å²) in [7, 11) is -3.97. The first-order valence-electron chi connectivity index (χ1n) is 12.1. The van der Waals surface area contributed by atoms with E-state index in [1.54, 1.807) is 6.07 Å². The highest BCUT2D eigenvalue weighted by molar-refractivity contribution is 7.90. The highest BCUT2D eigenvalue weighted by atomic mass is 35.5. The average molecular weight is 611 g/mol. The van der Waals surface area contributed by atoms with Crippen LogP contribution >= 0.6 is 11.6 Å². The fraction of sp³-hybridized carbons (Fsp3) is 0.259. The zero-order valence-corrected chi connectivity index (χ0v) is 23.2. The molecule has 0 spiro atoms. The molecular formula is C27H20ClF5N4O3S. The van der Waals surface area contributed by atoms with Crippen molar-refractivity contribution in [2.24, 2.45) is 0 Å². The molecule has 1 aliphatic rings. The van der Waals surface area contributed by atoms with E-state index in [4.69, 9.17) is 11.6 Å². The predicted octanol–water partition coefficient (Wildman–Crippen LogP) is 5.93. The van der Waals surface area contributed by atoms with Crippen molar-refractivity contribution in [1.29, 1.82) is 0 Å². The van der Waals surface area contributed by atoms with Crippen LogP contribution in [-0.2, 0) is 16.0 Å². The van der Waals surface area contributed by atoms with Crippen LogP contribution in [-0.4, -0.2) is 34.2 Å². The molecule has 0 bridgehead atoms. The number of aryl methyl sites for hydroxylation is 2. The molecule has 0 N–H and O–H groups in total. The number of halogens is 6. The van der Waals surface area contributed by atoms with Gasteiger partial charge in [0, 0.05) is 35.8 Å². The van der Waals surface area contributed by atoms with Gasteiger partial charge in [0.15, 0.2) is 27.2 Å². The molecule has 7 nitrogen and oxygen atoms in total. The van der Waals surface area contributed by atoms with Crippen molar-refractivity contribution >= 4 is 21.4 Å². The molecule has 3 aromatic heterocycles. The lowest BCUT2D eigenvalue weighted by molar-refractivity contribution is -0.141. The van der Waals surface area contributed by atoms with Crippen molar-refractivity contribution in [2.75, 3.05) is 6.26 Å². The van der Waals surface area contributed by atoms with Gasteiger partial charge < -0.3 is 0 Å². The Morgan fingerprint density at radius 3 is 2.41 bits per heavy atom. The maximum Gasteiger partial charge on any atom is 0.434 e. The third-order valence-electron chi connectivity index (χ3n) is 6.89. The average Bonchev–Trinajstić information content (AvgIpc) is 3.68. The molecule has 1 saturated carbocycles. The molecule has 0 amide bonds. The van der Waals surface area contributed by atoms with Gasteiger partial charge in [-0.3, -0.25) is 19.3 Å². The molecule has 1 aliphatic carbocycles. The number of hydrogen-bond donors (Lipinski definition) is 0. The van der Waals surface area contributed by atoms with E-state index in [1.165, 1.54) is 38.4 Å². The molecule has 14 heteroatoms. The summed E-state index contributed by atoms with van der Waals surface area (Å²) >= 11 is 6.46. The third kappa shape index (κ3) is 5.12. The van der Waals surface area contributed by atoms with E-state index in [0.717, 1.165) is 16.9 Å². The number of alkyl halides is 3. The van der Waals surface area contributed by atoms with Crippen LogP contribution in [0.2, 0.25) is 5.02 Å². The molecule has 0 aliphatic heterocycles. The smallest absolute Gasteiger partial charge is 0.277 e. The van der Waals surface area contributed by atoms with Crippen LogP contribution in [0.1, 0.15) is 46.5 Å². The van der Waals surface area contributed by atoms with Gasteiger partial charge in [-0.05, 0) is 55.5 Å². The molecule has 5 rings (SSSR count). The van der Waals surface area contributed by atoms with Gasteiger partial charge in [-0.2, -0.15) is 13.2 Å². The lowest BCUT2D eigenvalue weighted by atomic mass is 10.1.